The summed E-state index contributed by atoms with van der Waals surface area (Å²) in [5.41, 5.74) is 8.63. The highest BCUT2D eigenvalue weighted by Crippen LogP contribution is 2.31. The van der Waals surface area contributed by atoms with E-state index < -0.39 is 12.1 Å². The van der Waals surface area contributed by atoms with Gasteiger partial charge in [0, 0.05) is 18.9 Å². The molecule has 1 atom stereocenters. The molecule has 0 spiro atoms. The second-order valence-corrected chi connectivity index (χ2v) is 8.27. The lowest BCUT2D eigenvalue weighted by Crippen LogP contribution is -2.24. The summed E-state index contributed by atoms with van der Waals surface area (Å²) in [4.78, 5) is 10.8. The fourth-order valence-electron chi connectivity index (χ4n) is 3.38. The van der Waals surface area contributed by atoms with Gasteiger partial charge in [-0.3, -0.25) is 0 Å². The second kappa shape index (κ2) is 12.8. The predicted octanol–water partition coefficient (Wildman–Crippen LogP) is 3.68. The molecule has 0 aliphatic heterocycles. The van der Waals surface area contributed by atoms with Crippen LogP contribution in [0.3, 0.4) is 0 Å². The van der Waals surface area contributed by atoms with Crippen LogP contribution in [0.4, 0.5) is 5.69 Å². The van der Waals surface area contributed by atoms with Gasteiger partial charge in [0.05, 0.1) is 21.8 Å². The van der Waals surface area contributed by atoms with Gasteiger partial charge < -0.3 is 26.1 Å². The number of nitrogens with one attached hydrogen (secondary N) is 1. The Bertz CT molecular complexity index is 807. The van der Waals surface area contributed by atoms with Crippen LogP contribution < -0.4 is 16.2 Å². The van der Waals surface area contributed by atoms with E-state index in [1.54, 1.807) is 12.1 Å². The number of rotatable bonds is 13. The van der Waals surface area contributed by atoms with Crippen molar-refractivity contribution < 1.29 is 15.0 Å². The largest absolute Gasteiger partial charge is 0.550 e. The maximum absolute atomic E-state index is 10.8. The van der Waals surface area contributed by atoms with Crippen molar-refractivity contribution >= 4 is 34.9 Å². The number of carboxylic acids is 1. The zero-order valence-corrected chi connectivity index (χ0v) is 18.5. The Morgan fingerprint density at radius 3 is 2.30 bits per heavy atom. The van der Waals surface area contributed by atoms with Gasteiger partial charge in [-0.1, -0.05) is 66.7 Å². The van der Waals surface area contributed by atoms with Crippen LogP contribution in [0, 0.1) is 0 Å². The molecule has 164 valence electrons. The quantitative estimate of drug-likeness (QED) is 0.318. The molecule has 0 bridgehead atoms. The predicted molar refractivity (Wildman–Crippen MR) is 121 cm³/mol. The van der Waals surface area contributed by atoms with Gasteiger partial charge in [-0.15, -0.1) is 0 Å². The molecule has 0 heterocycles. The van der Waals surface area contributed by atoms with E-state index >= 15 is 0 Å². The summed E-state index contributed by atoms with van der Waals surface area (Å²) in [6.45, 7) is 1.24. The summed E-state index contributed by atoms with van der Waals surface area (Å²) in [5.74, 6) is -1.04. The smallest absolute Gasteiger partial charge is 0.0915 e. The van der Waals surface area contributed by atoms with Crippen molar-refractivity contribution in [2.24, 2.45) is 0 Å². The highest BCUT2D eigenvalue weighted by atomic mass is 35.5. The minimum atomic E-state index is -1.04. The van der Waals surface area contributed by atoms with Crippen molar-refractivity contribution in [3.8, 4) is 0 Å². The van der Waals surface area contributed by atoms with E-state index in [4.69, 9.17) is 28.9 Å². The van der Waals surface area contributed by atoms with Gasteiger partial charge in [-0.05, 0) is 54.6 Å². The van der Waals surface area contributed by atoms with Crippen molar-refractivity contribution in [3.05, 3.63) is 63.1 Å². The van der Waals surface area contributed by atoms with E-state index in [0.717, 1.165) is 56.2 Å². The monoisotopic (exact) mass is 451 g/mol. The number of aliphatic carboxylic acids is 1. The molecule has 7 heteroatoms. The highest BCUT2D eigenvalue weighted by Gasteiger charge is 2.12. The summed E-state index contributed by atoms with van der Waals surface area (Å²) < 4.78 is 0. The van der Waals surface area contributed by atoms with Crippen molar-refractivity contribution in [3.63, 3.8) is 0 Å². The Balaban J connectivity index is 1.57. The molecule has 4 N–H and O–H groups in total. The normalized spacial score (nSPS) is 12.1. The average molecular weight is 452 g/mol. The first kappa shape index (κ1) is 24.5. The number of halogens is 2. The number of benzene rings is 2. The third-order valence-electron chi connectivity index (χ3n) is 5.08. The molecule has 30 heavy (non-hydrogen) atoms. The standard InChI is InChI=1S/C23H30Cl2N2O3/c24-19-12-18(13-20(25)23(19)26)21(28)15-27-11-7-3-1-2-4-8-16-9-5-6-10-17(16)14-22(29)30/h5-6,9-10,12-13,21,27-28H,1-4,7-8,11,14-15,26H2,(H,29,30)/p-1. The zero-order chi connectivity index (χ0) is 21.9. The van der Waals surface area contributed by atoms with Gasteiger partial charge in [-0.2, -0.15) is 0 Å². The lowest BCUT2D eigenvalue weighted by atomic mass is 9.99. The molecule has 0 saturated carbocycles. The van der Waals surface area contributed by atoms with Gasteiger partial charge >= 0.3 is 0 Å². The Hall–Kier alpha value is -1.79. The van der Waals surface area contributed by atoms with Crippen molar-refractivity contribution in [1.29, 1.82) is 0 Å². The molecular formula is C23H29Cl2N2O3-. The first-order valence-corrected chi connectivity index (χ1v) is 11.0. The number of aliphatic hydroxyl groups excluding tert-OH is 1. The molecule has 0 radical (unpaired) electrons. The number of unbranched alkanes of at least 4 members (excludes halogenated alkanes) is 4. The molecule has 2 aromatic carbocycles. The first-order valence-electron chi connectivity index (χ1n) is 10.3. The van der Waals surface area contributed by atoms with E-state index in [1.165, 1.54) is 0 Å². The molecule has 0 amide bonds. The Labute approximate surface area is 188 Å². The maximum atomic E-state index is 10.8. The molecule has 1 unspecified atom stereocenters. The van der Waals surface area contributed by atoms with Crippen LogP contribution in [0.1, 0.15) is 54.9 Å². The molecule has 0 fully saturated rings. The van der Waals surface area contributed by atoms with Crippen molar-refractivity contribution in [2.75, 3.05) is 18.8 Å². The van der Waals surface area contributed by atoms with Crippen molar-refractivity contribution in [1.82, 2.24) is 5.32 Å². The zero-order valence-electron chi connectivity index (χ0n) is 17.0. The van der Waals surface area contributed by atoms with Crippen LogP contribution in [0.5, 0.6) is 0 Å². The second-order valence-electron chi connectivity index (χ2n) is 7.45. The third kappa shape index (κ3) is 8.15. The third-order valence-corrected chi connectivity index (χ3v) is 5.70. The fraction of sp³-hybridized carbons (Fsp3) is 0.435. The Morgan fingerprint density at radius 2 is 1.63 bits per heavy atom. The lowest BCUT2D eigenvalue weighted by molar-refractivity contribution is -0.304. The van der Waals surface area contributed by atoms with Crippen LogP contribution in [-0.2, 0) is 17.6 Å². The Morgan fingerprint density at radius 1 is 1.03 bits per heavy atom. The number of hydrogen-bond donors (Lipinski definition) is 3. The molecule has 2 rings (SSSR count). The summed E-state index contributed by atoms with van der Waals surface area (Å²) in [6, 6.07) is 10.9. The SMILES string of the molecule is Nc1c(Cl)cc(C(O)CNCCCCCCCc2ccccc2CC(=O)[O-])cc1Cl. The summed E-state index contributed by atoms with van der Waals surface area (Å²) in [7, 11) is 0. The minimum Gasteiger partial charge on any atom is -0.550 e. The molecule has 0 aliphatic rings. The maximum Gasteiger partial charge on any atom is 0.0915 e. The number of carbonyl (C=O) groups excluding carboxylic acids is 1. The molecule has 5 nitrogen and oxygen atoms in total. The number of hydrogen-bond acceptors (Lipinski definition) is 5. The van der Waals surface area contributed by atoms with Gasteiger partial charge in [-0.25, -0.2) is 0 Å². The minimum absolute atomic E-state index is 0.0253. The van der Waals surface area contributed by atoms with E-state index in [-0.39, 0.29) is 6.42 Å². The summed E-state index contributed by atoms with van der Waals surface area (Å²) >= 11 is 12.0. The van der Waals surface area contributed by atoms with Crippen LogP contribution in [0.15, 0.2) is 36.4 Å². The van der Waals surface area contributed by atoms with Crippen LogP contribution >= 0.6 is 23.2 Å². The number of nitrogen functional groups attached to an aromatic ring is 1. The number of carboxylic acid groups (broad SMARTS) is 1. The van der Waals surface area contributed by atoms with Crippen LogP contribution in [0.25, 0.3) is 0 Å². The van der Waals surface area contributed by atoms with Crippen molar-refractivity contribution in [2.45, 2.75) is 51.0 Å². The van der Waals surface area contributed by atoms with E-state index in [1.807, 2.05) is 24.3 Å². The van der Waals surface area contributed by atoms with Gasteiger partial charge in [0.2, 0.25) is 0 Å². The number of carbonyl (C=O) groups is 1. The molecule has 2 aromatic rings. The number of anilines is 1. The number of aryl methyl sites for hydroxylation is 1. The first-order chi connectivity index (χ1) is 14.4. The number of aliphatic hydroxyl groups is 1. The van der Waals surface area contributed by atoms with Crippen LogP contribution in [-0.4, -0.2) is 24.2 Å². The fourth-order valence-corrected chi connectivity index (χ4v) is 3.88. The van der Waals surface area contributed by atoms with E-state index in [9.17, 15) is 15.0 Å². The Kier molecular flexibility index (Phi) is 10.4. The van der Waals surface area contributed by atoms with Gasteiger partial charge in [0.25, 0.3) is 0 Å². The summed E-state index contributed by atoms with van der Waals surface area (Å²) in [5, 5.41) is 25.0. The van der Waals surface area contributed by atoms with E-state index in [2.05, 4.69) is 5.32 Å². The topological polar surface area (TPSA) is 98.4 Å². The average Bonchev–Trinajstić information content (AvgIpc) is 2.71. The van der Waals surface area contributed by atoms with Gasteiger partial charge in [0.1, 0.15) is 0 Å². The van der Waals surface area contributed by atoms with E-state index in [0.29, 0.717) is 27.8 Å². The molecular weight excluding hydrogens is 423 g/mol. The molecule has 0 aliphatic carbocycles. The number of nitrogens with two attached hydrogens (primary N) is 1. The highest BCUT2D eigenvalue weighted by molar-refractivity contribution is 6.38. The summed E-state index contributed by atoms with van der Waals surface area (Å²) in [6.07, 6.45) is 5.56. The van der Waals surface area contributed by atoms with Gasteiger partial charge in [0.15, 0.2) is 0 Å². The molecule has 0 saturated heterocycles. The van der Waals surface area contributed by atoms with Crippen LogP contribution in [0.2, 0.25) is 10.0 Å². The lowest BCUT2D eigenvalue weighted by Gasteiger charge is -2.14. The molecule has 0 aromatic heterocycles.